The van der Waals surface area contributed by atoms with Crippen LogP contribution in [-0.4, -0.2) is 26.4 Å². The van der Waals surface area contributed by atoms with E-state index in [1.54, 1.807) is 13.8 Å². The van der Waals surface area contributed by atoms with Crippen molar-refractivity contribution in [1.82, 2.24) is 15.1 Å². The van der Waals surface area contributed by atoms with Crippen molar-refractivity contribution in [2.24, 2.45) is 12.5 Å². The second kappa shape index (κ2) is 5.85. The van der Waals surface area contributed by atoms with Crippen molar-refractivity contribution >= 4 is 21.9 Å². The Bertz CT molecular complexity index is 507. The highest BCUT2D eigenvalue weighted by molar-refractivity contribution is 9.10. The van der Waals surface area contributed by atoms with Crippen molar-refractivity contribution in [3.63, 3.8) is 0 Å². The van der Waals surface area contributed by atoms with Gasteiger partial charge in [0, 0.05) is 19.1 Å². The minimum Gasteiger partial charge on any atom is -0.481 e. The predicted molar refractivity (Wildman–Crippen MR) is 82.6 cm³/mol. The number of rotatable bonds is 6. The zero-order valence-corrected chi connectivity index (χ0v) is 14.6. The molecule has 0 amide bonds. The van der Waals surface area contributed by atoms with E-state index < -0.39 is 16.9 Å². The highest BCUT2D eigenvalue weighted by Gasteiger charge is 2.43. The highest BCUT2D eigenvalue weighted by atomic mass is 79.9. The first-order valence-corrected chi connectivity index (χ1v) is 7.52. The van der Waals surface area contributed by atoms with Crippen molar-refractivity contribution in [2.75, 3.05) is 0 Å². The number of aromatic nitrogens is 2. The number of carboxylic acid groups (broad SMARTS) is 1. The number of hydrogen-bond acceptors (Lipinski definition) is 3. The monoisotopic (exact) mass is 345 g/mol. The van der Waals surface area contributed by atoms with Crippen LogP contribution in [0.3, 0.4) is 0 Å². The van der Waals surface area contributed by atoms with Crippen molar-refractivity contribution in [2.45, 2.75) is 53.1 Å². The molecule has 1 aromatic rings. The smallest absolute Gasteiger partial charge is 0.310 e. The third kappa shape index (κ3) is 3.06. The predicted octanol–water partition coefficient (Wildman–Crippen LogP) is 2.72. The number of nitrogens with one attached hydrogen (secondary N) is 1. The Morgan fingerprint density at radius 1 is 1.40 bits per heavy atom. The molecule has 0 bridgehead atoms. The molecule has 114 valence electrons. The van der Waals surface area contributed by atoms with Crippen LogP contribution in [0.5, 0.6) is 0 Å². The Morgan fingerprint density at radius 3 is 2.35 bits per heavy atom. The Morgan fingerprint density at radius 2 is 1.95 bits per heavy atom. The van der Waals surface area contributed by atoms with Crippen LogP contribution in [0.1, 0.15) is 46.0 Å². The lowest BCUT2D eigenvalue weighted by Gasteiger charge is -2.39. The summed E-state index contributed by atoms with van der Waals surface area (Å²) in [6, 6.07) is 0. The molecule has 6 heteroatoms. The molecule has 0 spiro atoms. The van der Waals surface area contributed by atoms with E-state index in [4.69, 9.17) is 0 Å². The molecule has 5 nitrogen and oxygen atoms in total. The second-order valence-corrected chi connectivity index (χ2v) is 6.89. The number of aliphatic carboxylic acids is 1. The third-order valence-corrected chi connectivity index (χ3v) is 5.21. The summed E-state index contributed by atoms with van der Waals surface area (Å²) in [7, 11) is 1.90. The van der Waals surface area contributed by atoms with Gasteiger partial charge in [-0.05, 0) is 50.0 Å². The van der Waals surface area contributed by atoms with Gasteiger partial charge < -0.3 is 10.4 Å². The van der Waals surface area contributed by atoms with Gasteiger partial charge in [-0.25, -0.2) is 0 Å². The van der Waals surface area contributed by atoms with Gasteiger partial charge in [0.25, 0.3) is 0 Å². The molecule has 0 saturated heterocycles. The molecule has 0 saturated carbocycles. The molecular formula is C14H24BrN3O2. The zero-order valence-electron chi connectivity index (χ0n) is 13.0. The summed E-state index contributed by atoms with van der Waals surface area (Å²) in [5, 5.41) is 17.1. The highest BCUT2D eigenvalue weighted by Crippen LogP contribution is 2.31. The number of hydrogen-bond donors (Lipinski definition) is 2. The summed E-state index contributed by atoms with van der Waals surface area (Å²) < 4.78 is 2.83. The first kappa shape index (κ1) is 17.2. The number of aryl methyl sites for hydroxylation is 2. The molecule has 0 aliphatic heterocycles. The molecule has 0 fully saturated rings. The average Bonchev–Trinajstić information content (AvgIpc) is 2.61. The van der Waals surface area contributed by atoms with E-state index in [1.807, 2.05) is 25.6 Å². The summed E-state index contributed by atoms with van der Waals surface area (Å²) in [6.07, 6.45) is 0.860. The molecule has 0 atom stereocenters. The summed E-state index contributed by atoms with van der Waals surface area (Å²) >= 11 is 3.57. The van der Waals surface area contributed by atoms with Gasteiger partial charge in [0.2, 0.25) is 0 Å². The van der Waals surface area contributed by atoms with Crippen LogP contribution < -0.4 is 5.32 Å². The lowest BCUT2D eigenvalue weighted by Crippen LogP contribution is -2.54. The first-order valence-electron chi connectivity index (χ1n) is 6.73. The summed E-state index contributed by atoms with van der Waals surface area (Å²) in [5.41, 5.74) is 0.622. The molecule has 0 aliphatic rings. The number of nitrogens with zero attached hydrogens (tertiary/aromatic N) is 2. The molecule has 0 unspecified atom stereocenters. The van der Waals surface area contributed by atoms with E-state index in [1.165, 1.54) is 0 Å². The van der Waals surface area contributed by atoms with Gasteiger partial charge in [0.15, 0.2) is 0 Å². The number of carboxylic acids is 1. The van der Waals surface area contributed by atoms with Crippen LogP contribution in [-0.2, 0) is 24.8 Å². The Hall–Kier alpha value is -0.880. The SMILES string of the molecule is CCc1nn(C)c(CNC(C)(C)C(C)(C)C(=O)O)c1Br. The standard InChI is InChI=1S/C14H24BrN3O2/c1-7-9-11(15)10(18(6)17-9)8-16-14(4,5)13(2,3)12(19)20/h16H,7-8H2,1-6H3,(H,19,20). The van der Waals surface area contributed by atoms with E-state index in [-0.39, 0.29) is 0 Å². The second-order valence-electron chi connectivity index (χ2n) is 6.09. The van der Waals surface area contributed by atoms with E-state index in [2.05, 4.69) is 33.3 Å². The summed E-state index contributed by atoms with van der Waals surface area (Å²) in [4.78, 5) is 11.4. The number of halogens is 1. The topological polar surface area (TPSA) is 67.2 Å². The molecule has 0 radical (unpaired) electrons. The van der Waals surface area contributed by atoms with Crippen molar-refractivity contribution in [3.05, 3.63) is 15.9 Å². The van der Waals surface area contributed by atoms with Crippen LogP contribution in [0.15, 0.2) is 4.47 Å². The third-order valence-electron chi connectivity index (χ3n) is 4.30. The molecule has 1 heterocycles. The lowest BCUT2D eigenvalue weighted by molar-refractivity contribution is -0.151. The minimum atomic E-state index is -0.869. The number of carbonyl (C=O) groups is 1. The molecule has 0 aromatic carbocycles. The van der Waals surface area contributed by atoms with Crippen molar-refractivity contribution in [1.29, 1.82) is 0 Å². The van der Waals surface area contributed by atoms with Crippen LogP contribution >= 0.6 is 15.9 Å². The maximum atomic E-state index is 11.4. The van der Waals surface area contributed by atoms with Crippen LogP contribution in [0.4, 0.5) is 0 Å². The fourth-order valence-corrected chi connectivity index (χ4v) is 2.56. The minimum absolute atomic E-state index is 0.547. The molecule has 2 N–H and O–H groups in total. The van der Waals surface area contributed by atoms with Crippen molar-refractivity contribution < 1.29 is 9.90 Å². The average molecular weight is 346 g/mol. The van der Waals surface area contributed by atoms with Gasteiger partial charge in [-0.15, -0.1) is 0 Å². The van der Waals surface area contributed by atoms with Gasteiger partial charge in [0.05, 0.1) is 21.3 Å². The van der Waals surface area contributed by atoms with E-state index in [0.717, 1.165) is 22.3 Å². The lowest BCUT2D eigenvalue weighted by atomic mass is 9.74. The van der Waals surface area contributed by atoms with Crippen LogP contribution in [0.2, 0.25) is 0 Å². The van der Waals surface area contributed by atoms with Gasteiger partial charge in [-0.2, -0.15) is 5.10 Å². The summed E-state index contributed by atoms with van der Waals surface area (Å²) in [5.74, 6) is -0.812. The fraction of sp³-hybridized carbons (Fsp3) is 0.714. The van der Waals surface area contributed by atoms with Gasteiger partial charge >= 0.3 is 5.97 Å². The van der Waals surface area contributed by atoms with Crippen LogP contribution in [0, 0.1) is 5.41 Å². The Kier molecular flexibility index (Phi) is 5.03. The van der Waals surface area contributed by atoms with Gasteiger partial charge in [-0.3, -0.25) is 9.48 Å². The normalized spacial score (nSPS) is 12.8. The van der Waals surface area contributed by atoms with Crippen LogP contribution in [0.25, 0.3) is 0 Å². The maximum Gasteiger partial charge on any atom is 0.310 e. The molecule has 0 aliphatic carbocycles. The molecule has 1 rings (SSSR count). The fourth-order valence-electron chi connectivity index (χ4n) is 1.80. The molecule has 1 aromatic heterocycles. The van der Waals surface area contributed by atoms with E-state index in [0.29, 0.717) is 6.54 Å². The quantitative estimate of drug-likeness (QED) is 0.831. The van der Waals surface area contributed by atoms with Gasteiger partial charge in [-0.1, -0.05) is 6.92 Å². The molecule has 20 heavy (non-hydrogen) atoms. The van der Waals surface area contributed by atoms with Gasteiger partial charge in [0.1, 0.15) is 0 Å². The summed E-state index contributed by atoms with van der Waals surface area (Å²) in [6.45, 7) is 9.91. The van der Waals surface area contributed by atoms with E-state index >= 15 is 0 Å². The Labute approximate surface area is 128 Å². The zero-order chi connectivity index (χ0) is 15.7. The Balaban J connectivity index is 2.92. The van der Waals surface area contributed by atoms with Crippen molar-refractivity contribution in [3.8, 4) is 0 Å². The first-order chi connectivity index (χ1) is 9.04. The maximum absolute atomic E-state index is 11.4. The largest absolute Gasteiger partial charge is 0.481 e. The van der Waals surface area contributed by atoms with E-state index in [9.17, 15) is 9.90 Å². The molecular weight excluding hydrogens is 322 g/mol.